The van der Waals surface area contributed by atoms with Crippen LogP contribution >= 0.6 is 0 Å². The molecular weight excluding hydrogens is 388 g/mol. The minimum Gasteiger partial charge on any atom is -0.492 e. The first-order valence-electron chi connectivity index (χ1n) is 10.3. The Morgan fingerprint density at radius 1 is 0.733 bits per heavy atom. The number of fused-ring (bicyclic) bond motifs is 1. The van der Waals surface area contributed by atoms with Gasteiger partial charge in [0, 0.05) is 17.5 Å². The summed E-state index contributed by atoms with van der Waals surface area (Å²) in [5.41, 5.74) is 12.1. The van der Waals surface area contributed by atoms with Gasteiger partial charge in [0.05, 0.1) is 33.9 Å². The van der Waals surface area contributed by atoms with Crippen LogP contribution in [-0.2, 0) is 22.4 Å². The number of ether oxygens (including phenoxy) is 4. The minimum absolute atomic E-state index is 0.264. The smallest absolute Gasteiger partial charge is 0.224 e. The highest BCUT2D eigenvalue weighted by Gasteiger charge is 2.46. The molecule has 0 aromatic heterocycles. The second-order valence-corrected chi connectivity index (χ2v) is 7.82. The monoisotopic (exact) mass is 422 g/mol. The molecule has 2 amide bonds. The van der Waals surface area contributed by atoms with Crippen LogP contribution < -0.4 is 30.4 Å². The number of carbonyl (C=O) groups is 2. The Labute approximate surface area is 178 Å². The molecule has 1 aliphatic carbocycles. The molecule has 0 bridgehead atoms. The van der Waals surface area contributed by atoms with E-state index < -0.39 is 5.41 Å². The zero-order valence-electron chi connectivity index (χ0n) is 18.5. The zero-order chi connectivity index (χ0) is 22.3. The van der Waals surface area contributed by atoms with E-state index in [9.17, 15) is 9.59 Å². The molecule has 0 unspecified atom stereocenters. The molecule has 1 aromatic rings. The Bertz CT molecular complexity index is 737. The van der Waals surface area contributed by atoms with Crippen LogP contribution in [0.1, 0.15) is 56.1 Å². The van der Waals surface area contributed by atoms with E-state index in [0.717, 1.165) is 43.2 Å². The minimum atomic E-state index is -0.701. The largest absolute Gasteiger partial charge is 0.492 e. The number of rotatable bonds is 13. The third-order valence-electron chi connectivity index (χ3n) is 5.98. The summed E-state index contributed by atoms with van der Waals surface area (Å²) in [6, 6.07) is 0. The summed E-state index contributed by atoms with van der Waals surface area (Å²) in [6.45, 7) is 0. The molecule has 2 rings (SSSR count). The lowest BCUT2D eigenvalue weighted by Gasteiger charge is -2.25. The van der Waals surface area contributed by atoms with E-state index in [4.69, 9.17) is 30.4 Å². The summed E-state index contributed by atoms with van der Waals surface area (Å²) < 4.78 is 22.3. The fourth-order valence-electron chi connectivity index (χ4n) is 4.44. The van der Waals surface area contributed by atoms with E-state index >= 15 is 0 Å². The third-order valence-corrected chi connectivity index (χ3v) is 5.98. The van der Waals surface area contributed by atoms with E-state index in [0.29, 0.717) is 48.7 Å². The van der Waals surface area contributed by atoms with Gasteiger partial charge in [-0.3, -0.25) is 9.59 Å². The van der Waals surface area contributed by atoms with Gasteiger partial charge >= 0.3 is 0 Å². The Morgan fingerprint density at radius 2 is 1.17 bits per heavy atom. The van der Waals surface area contributed by atoms with E-state index in [1.54, 1.807) is 28.4 Å². The van der Waals surface area contributed by atoms with E-state index in [-0.39, 0.29) is 11.8 Å². The first kappa shape index (κ1) is 23.6. The maximum absolute atomic E-state index is 12.6. The van der Waals surface area contributed by atoms with Crippen LogP contribution in [0.3, 0.4) is 0 Å². The number of methoxy groups -OCH3 is 4. The number of nitrogens with two attached hydrogens (primary N) is 2. The number of carbonyl (C=O) groups excluding carboxylic acids is 2. The Morgan fingerprint density at radius 3 is 1.57 bits per heavy atom. The fraction of sp³-hybridized carbons (Fsp3) is 0.636. The first-order chi connectivity index (χ1) is 14.3. The molecule has 0 fully saturated rings. The molecule has 0 heterocycles. The van der Waals surface area contributed by atoms with Crippen LogP contribution in [0.5, 0.6) is 23.0 Å². The van der Waals surface area contributed by atoms with Crippen LogP contribution in [0.25, 0.3) is 0 Å². The second-order valence-electron chi connectivity index (χ2n) is 7.82. The van der Waals surface area contributed by atoms with Crippen molar-refractivity contribution in [1.82, 2.24) is 0 Å². The van der Waals surface area contributed by atoms with Crippen molar-refractivity contribution in [3.8, 4) is 23.0 Å². The number of unbranched alkanes of at least 4 members (excludes halogenated alkanes) is 4. The molecule has 0 atom stereocenters. The van der Waals surface area contributed by atoms with Gasteiger partial charge in [0.15, 0.2) is 11.5 Å². The average molecular weight is 423 g/mol. The standard InChI is InChI=1S/C22H34N2O6/c1-27-17-14-12-22(21(24)26,11-9-7-5-6-8-10-16(23)25)13-15(14)18(28-2)20(30-4)19(17)29-3/h5-13H2,1-4H3,(H2,23,25)(H2,24,26). The second kappa shape index (κ2) is 10.4. The molecule has 0 spiro atoms. The van der Waals surface area contributed by atoms with Gasteiger partial charge in [0.25, 0.3) is 0 Å². The molecule has 0 saturated heterocycles. The Balaban J connectivity index is 2.21. The van der Waals surface area contributed by atoms with Crippen LogP contribution in [0.4, 0.5) is 0 Å². The van der Waals surface area contributed by atoms with Crippen LogP contribution in [-0.4, -0.2) is 40.3 Å². The van der Waals surface area contributed by atoms with Crippen molar-refractivity contribution in [2.24, 2.45) is 16.9 Å². The molecule has 30 heavy (non-hydrogen) atoms. The maximum Gasteiger partial charge on any atom is 0.224 e. The zero-order valence-corrected chi connectivity index (χ0v) is 18.5. The van der Waals surface area contributed by atoms with Crippen molar-refractivity contribution >= 4 is 11.8 Å². The van der Waals surface area contributed by atoms with Gasteiger partial charge in [-0.2, -0.15) is 0 Å². The summed E-state index contributed by atoms with van der Waals surface area (Å²) in [4.78, 5) is 23.4. The molecule has 8 nitrogen and oxygen atoms in total. The van der Waals surface area contributed by atoms with Crippen LogP contribution in [0.2, 0.25) is 0 Å². The molecule has 0 radical (unpaired) electrons. The van der Waals surface area contributed by atoms with Crippen molar-refractivity contribution in [3.05, 3.63) is 11.1 Å². The Hall–Kier alpha value is -2.64. The van der Waals surface area contributed by atoms with E-state index in [1.807, 2.05) is 0 Å². The van der Waals surface area contributed by atoms with Crippen molar-refractivity contribution < 1.29 is 28.5 Å². The predicted molar refractivity (Wildman–Crippen MR) is 113 cm³/mol. The number of hydrogen-bond donors (Lipinski definition) is 2. The SMILES string of the molecule is COc1c2c(c(OC)c(OC)c1OC)CC(CCCCCCCC(N)=O)(C(N)=O)C2. The summed E-state index contributed by atoms with van der Waals surface area (Å²) in [7, 11) is 6.22. The van der Waals surface area contributed by atoms with Gasteiger partial charge in [-0.05, 0) is 25.7 Å². The lowest BCUT2D eigenvalue weighted by Crippen LogP contribution is -2.38. The number of amides is 2. The number of benzene rings is 1. The quantitative estimate of drug-likeness (QED) is 0.471. The molecular formula is C22H34N2O6. The van der Waals surface area contributed by atoms with Crippen molar-refractivity contribution in [2.45, 2.75) is 57.8 Å². The van der Waals surface area contributed by atoms with Crippen molar-refractivity contribution in [1.29, 1.82) is 0 Å². The molecule has 1 aromatic carbocycles. The normalized spacial score (nSPS) is 14.1. The van der Waals surface area contributed by atoms with Gasteiger partial charge in [0.2, 0.25) is 23.3 Å². The highest BCUT2D eigenvalue weighted by Crippen LogP contribution is 2.56. The number of primary amides is 2. The molecule has 1 aliphatic rings. The molecule has 0 saturated carbocycles. The van der Waals surface area contributed by atoms with Crippen molar-refractivity contribution in [3.63, 3.8) is 0 Å². The first-order valence-corrected chi connectivity index (χ1v) is 10.3. The number of hydrogen-bond acceptors (Lipinski definition) is 6. The van der Waals surface area contributed by atoms with Gasteiger partial charge in [-0.1, -0.05) is 25.7 Å². The molecule has 0 aliphatic heterocycles. The summed E-state index contributed by atoms with van der Waals surface area (Å²) in [6.07, 6.45) is 6.60. The summed E-state index contributed by atoms with van der Waals surface area (Å²) >= 11 is 0. The Kier molecular flexibility index (Phi) is 8.20. The van der Waals surface area contributed by atoms with Gasteiger partial charge in [0.1, 0.15) is 0 Å². The lowest BCUT2D eigenvalue weighted by molar-refractivity contribution is -0.127. The van der Waals surface area contributed by atoms with Gasteiger partial charge in [-0.25, -0.2) is 0 Å². The third kappa shape index (κ3) is 4.74. The van der Waals surface area contributed by atoms with Crippen molar-refractivity contribution in [2.75, 3.05) is 28.4 Å². The summed E-state index contributed by atoms with van der Waals surface area (Å²) in [5, 5.41) is 0. The predicted octanol–water partition coefficient (Wildman–Crippen LogP) is 2.51. The topological polar surface area (TPSA) is 123 Å². The average Bonchev–Trinajstić information content (AvgIpc) is 3.11. The molecule has 168 valence electrons. The maximum atomic E-state index is 12.6. The highest BCUT2D eigenvalue weighted by molar-refractivity contribution is 5.84. The van der Waals surface area contributed by atoms with Gasteiger partial charge in [-0.15, -0.1) is 0 Å². The fourth-order valence-corrected chi connectivity index (χ4v) is 4.44. The lowest BCUT2D eigenvalue weighted by atomic mass is 9.79. The molecule has 8 heteroatoms. The highest BCUT2D eigenvalue weighted by atomic mass is 16.5. The van der Waals surface area contributed by atoms with E-state index in [1.165, 1.54) is 0 Å². The van der Waals surface area contributed by atoms with Crippen LogP contribution in [0.15, 0.2) is 0 Å². The molecule has 4 N–H and O–H groups in total. The summed E-state index contributed by atoms with van der Waals surface area (Å²) in [5.74, 6) is 1.42. The van der Waals surface area contributed by atoms with E-state index in [2.05, 4.69) is 0 Å². The van der Waals surface area contributed by atoms with Gasteiger partial charge < -0.3 is 30.4 Å². The van der Waals surface area contributed by atoms with Crippen LogP contribution in [0, 0.1) is 5.41 Å².